The maximum Gasteiger partial charge on any atom is 0.330 e. The highest BCUT2D eigenvalue weighted by molar-refractivity contribution is 5.73. The lowest BCUT2D eigenvalue weighted by Gasteiger charge is -2.18. The van der Waals surface area contributed by atoms with Gasteiger partial charge in [-0.2, -0.15) is 0 Å². The topological polar surface area (TPSA) is 67.8 Å². The van der Waals surface area contributed by atoms with Crippen LogP contribution in [0.15, 0.2) is 27.9 Å². The quantitative estimate of drug-likeness (QED) is 0.896. The zero-order valence-corrected chi connectivity index (χ0v) is 10.6. The molecule has 1 atom stereocenters. The summed E-state index contributed by atoms with van der Waals surface area (Å²) in [5, 5.41) is 0.464. The van der Waals surface area contributed by atoms with Gasteiger partial charge in [-0.25, -0.2) is 9.78 Å². The summed E-state index contributed by atoms with van der Waals surface area (Å²) in [6.07, 6.45) is 4.33. The van der Waals surface area contributed by atoms with Crippen LogP contribution in [0.5, 0.6) is 0 Å². The second-order valence-electron chi connectivity index (χ2n) is 4.35. The van der Waals surface area contributed by atoms with Crippen molar-refractivity contribution in [3.63, 3.8) is 0 Å². The third-order valence-electron chi connectivity index (χ3n) is 3.16. The van der Waals surface area contributed by atoms with Gasteiger partial charge in [-0.05, 0) is 25.0 Å². The highest BCUT2D eigenvalue weighted by Gasteiger charge is 2.15. The van der Waals surface area contributed by atoms with E-state index in [4.69, 9.17) is 0 Å². The van der Waals surface area contributed by atoms with Gasteiger partial charge >= 0.3 is 5.69 Å². The van der Waals surface area contributed by atoms with Crippen molar-refractivity contribution >= 4 is 11.0 Å². The Bertz CT molecular complexity index is 657. The second-order valence-corrected chi connectivity index (χ2v) is 4.35. The zero-order valence-electron chi connectivity index (χ0n) is 10.6. The van der Waals surface area contributed by atoms with Crippen molar-refractivity contribution in [3.8, 4) is 0 Å². The smallest absolute Gasteiger partial charge is 0.274 e. The molecule has 5 nitrogen and oxygen atoms in total. The Morgan fingerprint density at radius 2 is 2.17 bits per heavy atom. The molecule has 0 saturated heterocycles. The van der Waals surface area contributed by atoms with Crippen LogP contribution in [-0.2, 0) is 0 Å². The monoisotopic (exact) mass is 247 g/mol. The maximum atomic E-state index is 12.0. The number of pyridine rings is 1. The Labute approximate surface area is 104 Å². The van der Waals surface area contributed by atoms with Crippen molar-refractivity contribution < 1.29 is 0 Å². The molecule has 96 valence electrons. The normalized spacial score (nSPS) is 12.8. The fourth-order valence-corrected chi connectivity index (χ4v) is 2.27. The number of fused-ring (bicyclic) bond motifs is 1. The molecule has 2 aromatic heterocycles. The standard InChI is InChI=1S/C13H17N3O2/c1-3-6-9(4-2)16-11-10(7-5-8-14-11)12(17)15-13(16)18/h5,7-9H,3-4,6H2,1-2H3,(H,15,17,18). The second kappa shape index (κ2) is 5.16. The van der Waals surface area contributed by atoms with Gasteiger partial charge in [0.25, 0.3) is 5.56 Å². The van der Waals surface area contributed by atoms with Crippen LogP contribution in [0.1, 0.15) is 39.2 Å². The van der Waals surface area contributed by atoms with Crippen LogP contribution in [0.4, 0.5) is 0 Å². The van der Waals surface area contributed by atoms with Crippen molar-refractivity contribution in [3.05, 3.63) is 39.2 Å². The lowest BCUT2D eigenvalue weighted by Crippen LogP contribution is -2.33. The maximum absolute atomic E-state index is 12.0. The molecule has 0 aromatic carbocycles. The van der Waals surface area contributed by atoms with E-state index in [1.54, 1.807) is 22.9 Å². The highest BCUT2D eigenvalue weighted by atomic mass is 16.2. The van der Waals surface area contributed by atoms with Gasteiger partial charge in [-0.3, -0.25) is 14.3 Å². The molecule has 0 saturated carbocycles. The van der Waals surface area contributed by atoms with Crippen LogP contribution in [-0.4, -0.2) is 14.5 Å². The third kappa shape index (κ3) is 2.08. The summed E-state index contributed by atoms with van der Waals surface area (Å²) < 4.78 is 1.61. The fourth-order valence-electron chi connectivity index (χ4n) is 2.27. The molecule has 0 bridgehead atoms. The van der Waals surface area contributed by atoms with Crippen LogP contribution in [0.2, 0.25) is 0 Å². The van der Waals surface area contributed by atoms with Gasteiger partial charge in [-0.15, -0.1) is 0 Å². The van der Waals surface area contributed by atoms with E-state index in [0.717, 1.165) is 19.3 Å². The SMILES string of the molecule is CCCC(CC)n1c(=O)[nH]c(=O)c2cccnc21. The number of hydrogen-bond acceptors (Lipinski definition) is 3. The number of nitrogens with zero attached hydrogens (tertiary/aromatic N) is 2. The summed E-state index contributed by atoms with van der Waals surface area (Å²) in [6.45, 7) is 4.11. The highest BCUT2D eigenvalue weighted by Crippen LogP contribution is 2.18. The Balaban J connectivity index is 2.77. The minimum atomic E-state index is -0.370. The summed E-state index contributed by atoms with van der Waals surface area (Å²) in [7, 11) is 0. The predicted octanol–water partition coefficient (Wildman–Crippen LogP) is 1.84. The van der Waals surface area contributed by atoms with Gasteiger partial charge in [0.1, 0.15) is 5.65 Å². The van der Waals surface area contributed by atoms with Crippen molar-refractivity contribution in [1.82, 2.24) is 14.5 Å². The van der Waals surface area contributed by atoms with Gasteiger partial charge in [-0.1, -0.05) is 20.3 Å². The van der Waals surface area contributed by atoms with Crippen LogP contribution in [0, 0.1) is 0 Å². The zero-order chi connectivity index (χ0) is 13.1. The molecule has 0 fully saturated rings. The molecule has 0 amide bonds. The molecule has 0 radical (unpaired) electrons. The van der Waals surface area contributed by atoms with Crippen LogP contribution in [0.3, 0.4) is 0 Å². The van der Waals surface area contributed by atoms with Crippen molar-refractivity contribution in [2.45, 2.75) is 39.2 Å². The average Bonchev–Trinajstić information content (AvgIpc) is 2.37. The van der Waals surface area contributed by atoms with E-state index in [1.165, 1.54) is 0 Å². The van der Waals surface area contributed by atoms with E-state index in [1.807, 2.05) is 6.92 Å². The predicted molar refractivity (Wildman–Crippen MR) is 70.9 cm³/mol. The van der Waals surface area contributed by atoms with Gasteiger partial charge < -0.3 is 0 Å². The minimum absolute atomic E-state index is 0.0803. The van der Waals surface area contributed by atoms with E-state index in [0.29, 0.717) is 11.0 Å². The molecule has 18 heavy (non-hydrogen) atoms. The molecule has 0 spiro atoms. The number of aromatic nitrogens is 3. The molecule has 2 rings (SSSR count). The van der Waals surface area contributed by atoms with Crippen LogP contribution >= 0.6 is 0 Å². The number of rotatable bonds is 4. The summed E-state index contributed by atoms with van der Waals surface area (Å²) >= 11 is 0. The molecule has 5 heteroatoms. The fraction of sp³-hybridized carbons (Fsp3) is 0.462. The molecular formula is C13H17N3O2. The van der Waals surface area contributed by atoms with Crippen molar-refractivity contribution in [2.75, 3.05) is 0 Å². The molecule has 2 aromatic rings. The largest absolute Gasteiger partial charge is 0.330 e. The lowest BCUT2D eigenvalue weighted by molar-refractivity contribution is 0.439. The Morgan fingerprint density at radius 1 is 1.39 bits per heavy atom. The Kier molecular flexibility index (Phi) is 3.60. The summed E-state index contributed by atoms with van der Waals surface area (Å²) in [4.78, 5) is 30.3. The van der Waals surface area contributed by atoms with Crippen LogP contribution < -0.4 is 11.2 Å². The first kappa shape index (κ1) is 12.5. The van der Waals surface area contributed by atoms with E-state index >= 15 is 0 Å². The van der Waals surface area contributed by atoms with Gasteiger partial charge in [0.2, 0.25) is 0 Å². The minimum Gasteiger partial charge on any atom is -0.274 e. The first-order valence-corrected chi connectivity index (χ1v) is 6.28. The average molecular weight is 247 g/mol. The summed E-state index contributed by atoms with van der Waals surface area (Å²) in [6, 6.07) is 3.47. The Morgan fingerprint density at radius 3 is 2.83 bits per heavy atom. The van der Waals surface area contributed by atoms with E-state index < -0.39 is 0 Å². The molecule has 0 aliphatic carbocycles. The number of H-pyrrole nitrogens is 1. The van der Waals surface area contributed by atoms with Crippen LogP contribution in [0.25, 0.3) is 11.0 Å². The van der Waals surface area contributed by atoms with E-state index in [-0.39, 0.29) is 17.3 Å². The third-order valence-corrected chi connectivity index (χ3v) is 3.16. The molecule has 0 aliphatic heterocycles. The summed E-state index contributed by atoms with van der Waals surface area (Å²) in [5.41, 5.74) is -0.260. The van der Waals surface area contributed by atoms with Crippen molar-refractivity contribution in [1.29, 1.82) is 0 Å². The summed E-state index contributed by atoms with van der Waals surface area (Å²) in [5.74, 6) is 0. The van der Waals surface area contributed by atoms with Gasteiger partial charge in [0, 0.05) is 12.2 Å². The van der Waals surface area contributed by atoms with Gasteiger partial charge in [0.05, 0.1) is 5.39 Å². The van der Waals surface area contributed by atoms with Crippen molar-refractivity contribution in [2.24, 2.45) is 0 Å². The molecule has 1 unspecified atom stereocenters. The first-order chi connectivity index (χ1) is 8.69. The van der Waals surface area contributed by atoms with E-state index in [2.05, 4.69) is 16.9 Å². The molecule has 0 aliphatic rings. The lowest BCUT2D eigenvalue weighted by atomic mass is 10.1. The number of nitrogens with one attached hydrogen (secondary N) is 1. The molecule has 2 heterocycles. The molecular weight excluding hydrogens is 230 g/mol. The van der Waals surface area contributed by atoms with Gasteiger partial charge in [0.15, 0.2) is 0 Å². The van der Waals surface area contributed by atoms with E-state index in [9.17, 15) is 9.59 Å². The number of aromatic amines is 1. The first-order valence-electron chi connectivity index (χ1n) is 6.28. The number of hydrogen-bond donors (Lipinski definition) is 1. The Hall–Kier alpha value is -1.91. The molecule has 1 N–H and O–H groups in total.